The van der Waals surface area contributed by atoms with E-state index < -0.39 is 5.97 Å². The van der Waals surface area contributed by atoms with Crippen LogP contribution >= 0.6 is 15.9 Å². The van der Waals surface area contributed by atoms with Gasteiger partial charge in [-0.1, -0.05) is 6.42 Å². The van der Waals surface area contributed by atoms with Crippen LogP contribution in [0.3, 0.4) is 0 Å². The minimum atomic E-state index is -1.02. The molecule has 0 saturated heterocycles. The number of rotatable bonds is 2. The standard InChI is InChI=1S/C8H8BrNO3/c9-8-10-5(7(11)12)6(13-8)4-2-1-3-4/h4H,1-3H2,(H,11,12). The predicted molar refractivity (Wildman–Crippen MR) is 47.8 cm³/mol. The molecule has 0 unspecified atom stereocenters. The zero-order valence-corrected chi connectivity index (χ0v) is 8.37. The normalized spacial score (nSPS) is 17.0. The second-order valence-corrected chi connectivity index (χ2v) is 3.79. The van der Waals surface area contributed by atoms with Crippen molar-refractivity contribution >= 4 is 21.9 Å². The molecular formula is C8H8BrNO3. The monoisotopic (exact) mass is 245 g/mol. The zero-order chi connectivity index (χ0) is 9.42. The fourth-order valence-corrected chi connectivity index (χ4v) is 1.76. The Bertz CT molecular complexity index is 343. The zero-order valence-electron chi connectivity index (χ0n) is 6.79. The lowest BCUT2D eigenvalue weighted by molar-refractivity contribution is 0.0687. The Kier molecular flexibility index (Phi) is 2.11. The van der Waals surface area contributed by atoms with Crippen LogP contribution in [0.25, 0.3) is 0 Å². The number of hydrogen-bond donors (Lipinski definition) is 1. The van der Waals surface area contributed by atoms with E-state index in [0.717, 1.165) is 19.3 Å². The van der Waals surface area contributed by atoms with Crippen LogP contribution in [0.1, 0.15) is 41.4 Å². The lowest BCUT2D eigenvalue weighted by Crippen LogP contribution is -2.12. The molecule has 0 radical (unpaired) electrons. The van der Waals surface area contributed by atoms with Crippen molar-refractivity contribution in [2.45, 2.75) is 25.2 Å². The van der Waals surface area contributed by atoms with Crippen molar-refractivity contribution in [2.75, 3.05) is 0 Å². The van der Waals surface area contributed by atoms with Gasteiger partial charge in [-0.15, -0.1) is 0 Å². The van der Waals surface area contributed by atoms with E-state index in [1.807, 2.05) is 0 Å². The summed E-state index contributed by atoms with van der Waals surface area (Å²) in [6, 6.07) is 0. The Hall–Kier alpha value is -0.840. The molecule has 13 heavy (non-hydrogen) atoms. The molecule has 1 heterocycles. The number of oxazole rings is 1. The summed E-state index contributed by atoms with van der Waals surface area (Å²) >= 11 is 3.03. The van der Waals surface area contributed by atoms with Crippen LogP contribution in [0.5, 0.6) is 0 Å². The summed E-state index contributed by atoms with van der Waals surface area (Å²) in [5, 5.41) is 8.80. The molecule has 0 aliphatic heterocycles. The highest BCUT2D eigenvalue weighted by atomic mass is 79.9. The molecule has 1 aromatic heterocycles. The number of hydrogen-bond acceptors (Lipinski definition) is 3. The van der Waals surface area contributed by atoms with Gasteiger partial charge in [0.15, 0.2) is 5.69 Å². The van der Waals surface area contributed by atoms with E-state index in [0.29, 0.717) is 5.76 Å². The first-order valence-corrected chi connectivity index (χ1v) is 4.87. The average Bonchev–Trinajstić information content (AvgIpc) is 2.27. The molecule has 70 valence electrons. The van der Waals surface area contributed by atoms with Crippen LogP contribution in [0.4, 0.5) is 0 Å². The Morgan fingerprint density at radius 1 is 1.62 bits per heavy atom. The SMILES string of the molecule is O=C(O)c1nc(Br)oc1C1CCC1. The molecule has 0 aromatic carbocycles. The van der Waals surface area contributed by atoms with E-state index in [1.54, 1.807) is 0 Å². The molecule has 2 rings (SSSR count). The third kappa shape index (κ3) is 1.48. The Morgan fingerprint density at radius 2 is 2.31 bits per heavy atom. The van der Waals surface area contributed by atoms with Gasteiger partial charge < -0.3 is 9.52 Å². The summed E-state index contributed by atoms with van der Waals surface area (Å²) in [6.07, 6.45) is 3.14. The number of carboxylic acid groups (broad SMARTS) is 1. The summed E-state index contributed by atoms with van der Waals surface area (Å²) in [5.41, 5.74) is 0.0524. The average molecular weight is 246 g/mol. The van der Waals surface area contributed by atoms with Crippen molar-refractivity contribution in [1.29, 1.82) is 0 Å². The molecule has 0 bridgehead atoms. The summed E-state index contributed by atoms with van der Waals surface area (Å²) in [4.78, 5) is 14.8. The second kappa shape index (κ2) is 3.14. The number of halogens is 1. The molecule has 4 nitrogen and oxygen atoms in total. The maximum atomic E-state index is 10.7. The molecule has 1 aliphatic carbocycles. The summed E-state index contributed by atoms with van der Waals surface area (Å²) < 4.78 is 5.20. The quantitative estimate of drug-likeness (QED) is 0.870. The molecular weight excluding hydrogens is 238 g/mol. The van der Waals surface area contributed by atoms with Gasteiger partial charge in [0.2, 0.25) is 0 Å². The van der Waals surface area contributed by atoms with Crippen molar-refractivity contribution in [3.05, 3.63) is 16.3 Å². The molecule has 0 spiro atoms. The largest absolute Gasteiger partial charge is 0.476 e. The minimum absolute atomic E-state index is 0.0524. The van der Waals surface area contributed by atoms with Crippen LogP contribution in [0, 0.1) is 0 Å². The smallest absolute Gasteiger partial charge is 0.358 e. The van der Waals surface area contributed by atoms with Crippen molar-refractivity contribution < 1.29 is 14.3 Å². The van der Waals surface area contributed by atoms with E-state index in [2.05, 4.69) is 20.9 Å². The maximum Gasteiger partial charge on any atom is 0.358 e. The fraction of sp³-hybridized carbons (Fsp3) is 0.500. The Balaban J connectivity index is 2.36. The lowest BCUT2D eigenvalue weighted by atomic mass is 9.83. The van der Waals surface area contributed by atoms with E-state index >= 15 is 0 Å². The van der Waals surface area contributed by atoms with Crippen molar-refractivity contribution in [1.82, 2.24) is 4.98 Å². The van der Waals surface area contributed by atoms with Gasteiger partial charge in [-0.3, -0.25) is 0 Å². The highest BCUT2D eigenvalue weighted by Crippen LogP contribution is 2.39. The number of aromatic nitrogens is 1. The van der Waals surface area contributed by atoms with Crippen molar-refractivity contribution in [3.8, 4) is 0 Å². The molecule has 1 fully saturated rings. The van der Waals surface area contributed by atoms with Gasteiger partial charge in [0.05, 0.1) is 0 Å². The van der Waals surface area contributed by atoms with Gasteiger partial charge in [-0.05, 0) is 12.8 Å². The van der Waals surface area contributed by atoms with E-state index in [9.17, 15) is 4.79 Å². The van der Waals surface area contributed by atoms with Gasteiger partial charge in [0.25, 0.3) is 4.80 Å². The molecule has 1 aliphatic rings. The molecule has 1 aromatic rings. The third-order valence-corrected chi connectivity index (χ3v) is 2.65. The van der Waals surface area contributed by atoms with Gasteiger partial charge >= 0.3 is 5.97 Å². The van der Waals surface area contributed by atoms with Crippen LogP contribution < -0.4 is 0 Å². The van der Waals surface area contributed by atoms with Gasteiger partial charge in [-0.2, -0.15) is 4.98 Å². The van der Waals surface area contributed by atoms with E-state index in [4.69, 9.17) is 9.52 Å². The fourth-order valence-electron chi connectivity index (χ4n) is 1.41. The summed E-state index contributed by atoms with van der Waals surface area (Å²) in [5.74, 6) is -0.244. The highest BCUT2D eigenvalue weighted by Gasteiger charge is 2.29. The van der Waals surface area contributed by atoms with Crippen molar-refractivity contribution in [2.24, 2.45) is 0 Å². The lowest BCUT2D eigenvalue weighted by Gasteiger charge is -2.22. The third-order valence-electron chi connectivity index (χ3n) is 2.31. The van der Waals surface area contributed by atoms with Crippen LogP contribution in [0.2, 0.25) is 0 Å². The minimum Gasteiger partial charge on any atom is -0.476 e. The Labute approximate surface area is 83.1 Å². The van der Waals surface area contributed by atoms with Crippen LogP contribution in [-0.2, 0) is 0 Å². The number of carboxylic acids is 1. The summed E-state index contributed by atoms with van der Waals surface area (Å²) in [6.45, 7) is 0. The molecule has 0 atom stereocenters. The highest BCUT2D eigenvalue weighted by molar-refractivity contribution is 9.10. The number of nitrogens with zero attached hydrogens (tertiary/aromatic N) is 1. The molecule has 0 amide bonds. The predicted octanol–water partition coefficient (Wildman–Crippen LogP) is 2.40. The van der Waals surface area contributed by atoms with Crippen LogP contribution in [0.15, 0.2) is 9.22 Å². The molecule has 1 N–H and O–H groups in total. The van der Waals surface area contributed by atoms with Gasteiger partial charge in [-0.25, -0.2) is 4.79 Å². The van der Waals surface area contributed by atoms with Gasteiger partial charge in [0, 0.05) is 21.8 Å². The van der Waals surface area contributed by atoms with E-state index in [1.165, 1.54) is 0 Å². The number of aromatic carboxylic acids is 1. The first kappa shape index (κ1) is 8.74. The first-order chi connectivity index (χ1) is 6.18. The van der Waals surface area contributed by atoms with Crippen molar-refractivity contribution in [3.63, 3.8) is 0 Å². The topological polar surface area (TPSA) is 63.3 Å². The first-order valence-electron chi connectivity index (χ1n) is 4.08. The molecule has 5 heteroatoms. The van der Waals surface area contributed by atoms with Crippen LogP contribution in [-0.4, -0.2) is 16.1 Å². The van der Waals surface area contributed by atoms with Gasteiger partial charge in [0.1, 0.15) is 5.76 Å². The summed E-state index contributed by atoms with van der Waals surface area (Å²) in [7, 11) is 0. The maximum absolute atomic E-state index is 10.7. The molecule has 1 saturated carbocycles. The Morgan fingerprint density at radius 3 is 2.77 bits per heavy atom. The van der Waals surface area contributed by atoms with E-state index in [-0.39, 0.29) is 16.4 Å². The number of carbonyl (C=O) groups is 1. The second-order valence-electron chi connectivity index (χ2n) is 3.11.